The van der Waals surface area contributed by atoms with Crippen LogP contribution in [0.4, 0.5) is 5.69 Å². The summed E-state index contributed by atoms with van der Waals surface area (Å²) in [7, 11) is 0. The summed E-state index contributed by atoms with van der Waals surface area (Å²) in [5, 5.41) is 8.67. The molecule has 0 aliphatic carbocycles. The molecule has 0 spiro atoms. The van der Waals surface area contributed by atoms with Crippen LogP contribution in [0.1, 0.15) is 5.56 Å². The van der Waals surface area contributed by atoms with E-state index in [1.165, 1.54) is 18.5 Å². The molecule has 0 fully saturated rings. The summed E-state index contributed by atoms with van der Waals surface area (Å²) in [6.45, 7) is 0. The molecule has 5 heteroatoms. The maximum atomic E-state index is 10.2. The molecule has 0 saturated heterocycles. The number of nitrogens with two attached hydrogens (primary N) is 1. The van der Waals surface area contributed by atoms with Gasteiger partial charge in [0.05, 0.1) is 10.7 Å². The molecule has 4 nitrogen and oxygen atoms in total. The topological polar surface area (TPSA) is 76.2 Å². The molecular weight excluding hydrogens is 192 g/mol. The van der Waals surface area contributed by atoms with Crippen molar-refractivity contribution in [3.05, 3.63) is 29.1 Å². The van der Waals surface area contributed by atoms with Crippen molar-refractivity contribution < 1.29 is 9.90 Å². The van der Waals surface area contributed by atoms with Gasteiger partial charge in [-0.05, 0) is 6.08 Å². The highest BCUT2D eigenvalue weighted by molar-refractivity contribution is 6.33. The van der Waals surface area contributed by atoms with Crippen LogP contribution in [-0.2, 0) is 4.79 Å². The lowest BCUT2D eigenvalue weighted by molar-refractivity contribution is -0.131. The molecule has 1 heterocycles. The van der Waals surface area contributed by atoms with Gasteiger partial charge in [-0.3, -0.25) is 4.98 Å². The van der Waals surface area contributed by atoms with E-state index in [4.69, 9.17) is 22.4 Å². The Balaban J connectivity index is 3.02. The first-order valence-corrected chi connectivity index (χ1v) is 3.79. The number of aromatic nitrogens is 1. The predicted octanol–water partition coefficient (Wildman–Crippen LogP) is 1.42. The van der Waals surface area contributed by atoms with Gasteiger partial charge in [0.15, 0.2) is 0 Å². The average molecular weight is 199 g/mol. The van der Waals surface area contributed by atoms with E-state index in [0.717, 1.165) is 6.08 Å². The van der Waals surface area contributed by atoms with Gasteiger partial charge in [-0.2, -0.15) is 0 Å². The number of carboxylic acid groups (broad SMARTS) is 1. The molecule has 1 rings (SSSR count). The first-order valence-electron chi connectivity index (χ1n) is 3.41. The molecule has 0 radical (unpaired) electrons. The summed E-state index contributed by atoms with van der Waals surface area (Å²) in [4.78, 5) is 14.0. The van der Waals surface area contributed by atoms with E-state index in [9.17, 15) is 4.79 Å². The van der Waals surface area contributed by atoms with E-state index >= 15 is 0 Å². The fourth-order valence-corrected chi connectivity index (χ4v) is 0.919. The number of aliphatic carboxylic acids is 1. The third-order valence-corrected chi connectivity index (χ3v) is 1.68. The van der Waals surface area contributed by atoms with Crippen LogP contribution in [0.3, 0.4) is 0 Å². The zero-order valence-electron chi connectivity index (χ0n) is 6.57. The van der Waals surface area contributed by atoms with Crippen LogP contribution in [0.15, 0.2) is 18.5 Å². The molecule has 0 atom stereocenters. The highest BCUT2D eigenvalue weighted by atomic mass is 35.5. The van der Waals surface area contributed by atoms with E-state index < -0.39 is 5.97 Å². The van der Waals surface area contributed by atoms with Gasteiger partial charge in [-0.25, -0.2) is 4.79 Å². The summed E-state index contributed by atoms with van der Waals surface area (Å²) in [6.07, 6.45) is 5.16. The Labute approximate surface area is 79.7 Å². The van der Waals surface area contributed by atoms with Crippen molar-refractivity contribution >= 4 is 29.3 Å². The van der Waals surface area contributed by atoms with E-state index in [2.05, 4.69) is 4.98 Å². The van der Waals surface area contributed by atoms with Crippen molar-refractivity contribution in [2.75, 3.05) is 5.73 Å². The summed E-state index contributed by atoms with van der Waals surface area (Å²) in [5.74, 6) is -1.04. The minimum Gasteiger partial charge on any atom is -0.478 e. The van der Waals surface area contributed by atoms with Crippen LogP contribution >= 0.6 is 11.6 Å². The second kappa shape index (κ2) is 3.91. The largest absolute Gasteiger partial charge is 0.478 e. The smallest absolute Gasteiger partial charge is 0.328 e. The van der Waals surface area contributed by atoms with Crippen LogP contribution in [0.2, 0.25) is 5.02 Å². The Hall–Kier alpha value is -1.55. The van der Waals surface area contributed by atoms with Gasteiger partial charge in [-0.1, -0.05) is 11.6 Å². The maximum Gasteiger partial charge on any atom is 0.328 e. The quantitative estimate of drug-likeness (QED) is 0.705. The molecule has 0 unspecified atom stereocenters. The van der Waals surface area contributed by atoms with Crippen LogP contribution in [0, 0.1) is 0 Å². The van der Waals surface area contributed by atoms with E-state index in [1.807, 2.05) is 0 Å². The van der Waals surface area contributed by atoms with Crippen molar-refractivity contribution in [3.8, 4) is 0 Å². The van der Waals surface area contributed by atoms with Gasteiger partial charge in [0, 0.05) is 24.0 Å². The van der Waals surface area contributed by atoms with Crippen LogP contribution < -0.4 is 5.73 Å². The normalized spacial score (nSPS) is 10.5. The molecule has 0 saturated carbocycles. The predicted molar refractivity (Wildman–Crippen MR) is 50.3 cm³/mol. The zero-order valence-corrected chi connectivity index (χ0v) is 7.32. The number of pyridine rings is 1. The summed E-state index contributed by atoms with van der Waals surface area (Å²) in [6, 6.07) is 0. The van der Waals surface area contributed by atoms with Crippen LogP contribution in [0.5, 0.6) is 0 Å². The first-order chi connectivity index (χ1) is 6.11. The summed E-state index contributed by atoms with van der Waals surface area (Å²) >= 11 is 5.66. The Kier molecular flexibility index (Phi) is 2.87. The highest BCUT2D eigenvalue weighted by Gasteiger charge is 2.00. The lowest BCUT2D eigenvalue weighted by Gasteiger charge is -1.99. The molecule has 68 valence electrons. The Morgan fingerprint density at radius 1 is 1.62 bits per heavy atom. The second-order valence-electron chi connectivity index (χ2n) is 2.30. The SMILES string of the molecule is Nc1c(Cl)cncc1C=CC(=O)O. The third-order valence-electron chi connectivity index (χ3n) is 1.38. The van der Waals surface area contributed by atoms with Crippen LogP contribution in [0.25, 0.3) is 6.08 Å². The number of rotatable bonds is 2. The number of halogens is 1. The maximum absolute atomic E-state index is 10.2. The molecule has 1 aromatic heterocycles. The number of nitrogen functional groups attached to an aromatic ring is 1. The van der Waals surface area contributed by atoms with Crippen molar-refractivity contribution in [3.63, 3.8) is 0 Å². The summed E-state index contributed by atoms with van der Waals surface area (Å²) in [5.41, 5.74) is 6.38. The minimum absolute atomic E-state index is 0.313. The van der Waals surface area contributed by atoms with Crippen molar-refractivity contribution in [2.45, 2.75) is 0 Å². The molecular formula is C8H7ClN2O2. The fourth-order valence-electron chi connectivity index (χ4n) is 0.754. The number of anilines is 1. The van der Waals surface area contributed by atoms with Crippen molar-refractivity contribution in [1.29, 1.82) is 0 Å². The Morgan fingerprint density at radius 2 is 2.31 bits per heavy atom. The molecule has 1 aromatic rings. The monoisotopic (exact) mass is 198 g/mol. The van der Waals surface area contributed by atoms with E-state index in [-0.39, 0.29) is 0 Å². The Morgan fingerprint density at radius 3 is 2.92 bits per heavy atom. The minimum atomic E-state index is -1.04. The van der Waals surface area contributed by atoms with Gasteiger partial charge in [-0.15, -0.1) is 0 Å². The Bertz CT molecular complexity index is 363. The second-order valence-corrected chi connectivity index (χ2v) is 2.70. The lowest BCUT2D eigenvalue weighted by atomic mass is 10.2. The van der Waals surface area contributed by atoms with Gasteiger partial charge < -0.3 is 10.8 Å². The molecule has 0 aliphatic heterocycles. The first kappa shape index (κ1) is 9.54. The number of nitrogens with zero attached hydrogens (tertiary/aromatic N) is 1. The van der Waals surface area contributed by atoms with Gasteiger partial charge in [0.25, 0.3) is 0 Å². The third kappa shape index (κ3) is 2.45. The van der Waals surface area contributed by atoms with Crippen molar-refractivity contribution in [2.24, 2.45) is 0 Å². The summed E-state index contributed by atoms with van der Waals surface area (Å²) < 4.78 is 0. The molecule has 3 N–H and O–H groups in total. The van der Waals surface area contributed by atoms with Crippen molar-refractivity contribution in [1.82, 2.24) is 4.98 Å². The van der Waals surface area contributed by atoms with Gasteiger partial charge >= 0.3 is 5.97 Å². The number of carbonyl (C=O) groups is 1. The lowest BCUT2D eigenvalue weighted by Crippen LogP contribution is -1.93. The highest BCUT2D eigenvalue weighted by Crippen LogP contribution is 2.21. The molecule has 13 heavy (non-hydrogen) atoms. The van der Waals surface area contributed by atoms with E-state index in [1.54, 1.807) is 0 Å². The zero-order chi connectivity index (χ0) is 9.84. The van der Waals surface area contributed by atoms with E-state index in [0.29, 0.717) is 16.3 Å². The van der Waals surface area contributed by atoms with Crippen LogP contribution in [-0.4, -0.2) is 16.1 Å². The molecule has 0 aromatic carbocycles. The number of carboxylic acids is 1. The van der Waals surface area contributed by atoms with Gasteiger partial charge in [0.2, 0.25) is 0 Å². The van der Waals surface area contributed by atoms with Gasteiger partial charge in [0.1, 0.15) is 0 Å². The average Bonchev–Trinajstić information content (AvgIpc) is 2.07. The number of hydrogen-bond donors (Lipinski definition) is 2. The fraction of sp³-hybridized carbons (Fsp3) is 0. The standard InChI is InChI=1S/C8H7ClN2O2/c9-6-4-11-3-5(8(6)10)1-2-7(12)13/h1-4H,(H2,10,11)(H,12,13). The molecule has 0 amide bonds. The molecule has 0 bridgehead atoms. The molecule has 0 aliphatic rings. The number of hydrogen-bond acceptors (Lipinski definition) is 3.